The Labute approximate surface area is 192 Å². The number of aromatic nitrogens is 2. The van der Waals surface area contributed by atoms with Crippen molar-refractivity contribution in [1.29, 1.82) is 0 Å². The molecule has 0 aliphatic carbocycles. The van der Waals surface area contributed by atoms with Crippen molar-refractivity contribution in [3.8, 4) is 22.5 Å². The molecule has 0 unspecified atom stereocenters. The quantitative estimate of drug-likeness (QED) is 0.346. The topological polar surface area (TPSA) is 66.9 Å². The van der Waals surface area contributed by atoms with Crippen LogP contribution in [-0.2, 0) is 4.79 Å². The van der Waals surface area contributed by atoms with Gasteiger partial charge in [0.1, 0.15) is 0 Å². The molecule has 0 saturated heterocycles. The molecule has 5 rings (SSSR count). The Morgan fingerprint density at radius 2 is 1.24 bits per heavy atom. The van der Waals surface area contributed by atoms with E-state index in [4.69, 9.17) is 0 Å². The molecule has 5 heteroatoms. The standard InChI is InChI=1S/C28H22N4O/c33-27(19-29-24-17-9-15-20-10-7-8-16-23(20)24)32-28-30-25(21-11-3-1-4-12-21)18-26(31-28)22-13-5-2-6-14-22/h1-18,29H,19H2,(H,30,31,32,33). The molecular weight excluding hydrogens is 408 g/mol. The van der Waals surface area contributed by atoms with Gasteiger partial charge in [-0.25, -0.2) is 9.97 Å². The summed E-state index contributed by atoms with van der Waals surface area (Å²) in [5, 5.41) is 8.28. The zero-order chi connectivity index (χ0) is 22.5. The number of carbonyl (C=O) groups is 1. The van der Waals surface area contributed by atoms with Crippen LogP contribution in [0.5, 0.6) is 0 Å². The van der Waals surface area contributed by atoms with Gasteiger partial charge in [0.2, 0.25) is 11.9 Å². The lowest BCUT2D eigenvalue weighted by Crippen LogP contribution is -2.23. The molecule has 1 heterocycles. The Hall–Kier alpha value is -4.51. The lowest BCUT2D eigenvalue weighted by molar-refractivity contribution is -0.114. The summed E-state index contributed by atoms with van der Waals surface area (Å²) in [6.45, 7) is 0.105. The van der Waals surface area contributed by atoms with Crippen molar-refractivity contribution in [2.45, 2.75) is 0 Å². The molecule has 0 radical (unpaired) electrons. The highest BCUT2D eigenvalue weighted by molar-refractivity contribution is 5.97. The van der Waals surface area contributed by atoms with Crippen molar-refractivity contribution < 1.29 is 4.79 Å². The first-order valence-corrected chi connectivity index (χ1v) is 10.8. The predicted molar refractivity (Wildman–Crippen MR) is 134 cm³/mol. The maximum Gasteiger partial charge on any atom is 0.246 e. The molecule has 1 amide bonds. The number of hydrogen-bond donors (Lipinski definition) is 2. The number of anilines is 2. The summed E-state index contributed by atoms with van der Waals surface area (Å²) >= 11 is 0. The summed E-state index contributed by atoms with van der Waals surface area (Å²) < 4.78 is 0. The van der Waals surface area contributed by atoms with E-state index in [1.54, 1.807) is 0 Å². The van der Waals surface area contributed by atoms with Gasteiger partial charge in [-0.2, -0.15) is 0 Å². The van der Waals surface area contributed by atoms with Gasteiger partial charge in [0.25, 0.3) is 0 Å². The molecule has 0 fully saturated rings. The van der Waals surface area contributed by atoms with Crippen LogP contribution in [0, 0.1) is 0 Å². The van der Waals surface area contributed by atoms with Crippen LogP contribution in [0.1, 0.15) is 0 Å². The summed E-state index contributed by atoms with van der Waals surface area (Å²) in [6, 6.07) is 35.8. The molecule has 2 N–H and O–H groups in total. The average molecular weight is 431 g/mol. The van der Waals surface area contributed by atoms with Crippen molar-refractivity contribution in [3.05, 3.63) is 109 Å². The Balaban J connectivity index is 1.39. The third-order valence-electron chi connectivity index (χ3n) is 5.35. The minimum atomic E-state index is -0.216. The van der Waals surface area contributed by atoms with E-state index in [1.807, 2.05) is 97.1 Å². The second-order valence-corrected chi connectivity index (χ2v) is 7.62. The van der Waals surface area contributed by atoms with Gasteiger partial charge in [-0.05, 0) is 17.5 Å². The molecule has 33 heavy (non-hydrogen) atoms. The largest absolute Gasteiger partial charge is 0.376 e. The van der Waals surface area contributed by atoms with Gasteiger partial charge in [-0.3, -0.25) is 10.1 Å². The molecule has 5 aromatic rings. The molecule has 0 atom stereocenters. The number of fused-ring (bicyclic) bond motifs is 1. The predicted octanol–water partition coefficient (Wildman–Crippen LogP) is 6.01. The number of hydrogen-bond acceptors (Lipinski definition) is 4. The van der Waals surface area contributed by atoms with E-state index < -0.39 is 0 Å². The SMILES string of the molecule is O=C(CNc1cccc2ccccc12)Nc1nc(-c2ccccc2)cc(-c2ccccc2)n1. The fourth-order valence-corrected chi connectivity index (χ4v) is 3.74. The van der Waals surface area contributed by atoms with Crippen LogP contribution in [0.4, 0.5) is 11.6 Å². The van der Waals surface area contributed by atoms with Gasteiger partial charge in [-0.1, -0.05) is 97.1 Å². The molecular formula is C28H22N4O. The van der Waals surface area contributed by atoms with Crippen LogP contribution in [0.2, 0.25) is 0 Å². The first-order valence-electron chi connectivity index (χ1n) is 10.8. The van der Waals surface area contributed by atoms with E-state index in [9.17, 15) is 4.79 Å². The zero-order valence-electron chi connectivity index (χ0n) is 17.9. The summed E-state index contributed by atoms with van der Waals surface area (Å²) in [5.74, 6) is 0.0621. The fraction of sp³-hybridized carbons (Fsp3) is 0.0357. The third-order valence-corrected chi connectivity index (χ3v) is 5.35. The average Bonchev–Trinajstić information content (AvgIpc) is 2.88. The summed E-state index contributed by atoms with van der Waals surface area (Å²) in [7, 11) is 0. The van der Waals surface area contributed by atoms with Gasteiger partial charge in [0.15, 0.2) is 0 Å². The minimum Gasteiger partial charge on any atom is -0.376 e. The number of benzene rings is 4. The van der Waals surface area contributed by atoms with Gasteiger partial charge < -0.3 is 5.32 Å². The first kappa shape index (κ1) is 20.4. The van der Waals surface area contributed by atoms with E-state index in [-0.39, 0.29) is 18.4 Å². The van der Waals surface area contributed by atoms with Gasteiger partial charge in [-0.15, -0.1) is 0 Å². The Morgan fingerprint density at radius 1 is 0.667 bits per heavy atom. The Morgan fingerprint density at radius 3 is 1.91 bits per heavy atom. The fourth-order valence-electron chi connectivity index (χ4n) is 3.74. The maximum atomic E-state index is 12.8. The zero-order valence-corrected chi connectivity index (χ0v) is 17.9. The van der Waals surface area contributed by atoms with Crippen LogP contribution in [0.15, 0.2) is 109 Å². The smallest absolute Gasteiger partial charge is 0.246 e. The van der Waals surface area contributed by atoms with Crippen LogP contribution in [-0.4, -0.2) is 22.4 Å². The minimum absolute atomic E-state index is 0.105. The molecule has 5 nitrogen and oxygen atoms in total. The van der Waals surface area contributed by atoms with E-state index in [0.717, 1.165) is 39.0 Å². The molecule has 1 aromatic heterocycles. The first-order chi connectivity index (χ1) is 16.3. The Kier molecular flexibility index (Phi) is 5.76. The summed E-state index contributed by atoms with van der Waals surface area (Å²) in [4.78, 5) is 22.0. The van der Waals surface area contributed by atoms with Gasteiger partial charge >= 0.3 is 0 Å². The van der Waals surface area contributed by atoms with Crippen LogP contribution in [0.3, 0.4) is 0 Å². The lowest BCUT2D eigenvalue weighted by Gasteiger charge is -2.12. The molecule has 0 saturated carbocycles. The Bertz CT molecular complexity index is 1340. The number of nitrogens with zero attached hydrogens (tertiary/aromatic N) is 2. The second kappa shape index (κ2) is 9.32. The highest BCUT2D eigenvalue weighted by Crippen LogP contribution is 2.25. The summed E-state index contributed by atoms with van der Waals surface area (Å²) in [6.07, 6.45) is 0. The van der Waals surface area contributed by atoms with Gasteiger partial charge in [0, 0.05) is 22.2 Å². The van der Waals surface area contributed by atoms with Crippen LogP contribution in [0.25, 0.3) is 33.3 Å². The monoisotopic (exact) mass is 430 g/mol. The van der Waals surface area contributed by atoms with E-state index in [1.165, 1.54) is 0 Å². The van der Waals surface area contributed by atoms with E-state index in [0.29, 0.717) is 0 Å². The summed E-state index contributed by atoms with van der Waals surface area (Å²) in [5.41, 5.74) is 4.33. The normalized spacial score (nSPS) is 10.7. The van der Waals surface area contributed by atoms with Crippen LogP contribution < -0.4 is 10.6 Å². The van der Waals surface area contributed by atoms with Crippen molar-refractivity contribution in [2.24, 2.45) is 0 Å². The molecule has 0 aliphatic heterocycles. The number of rotatable bonds is 6. The highest BCUT2D eigenvalue weighted by atomic mass is 16.2. The van der Waals surface area contributed by atoms with E-state index >= 15 is 0 Å². The van der Waals surface area contributed by atoms with E-state index in [2.05, 4.69) is 32.7 Å². The molecule has 4 aromatic carbocycles. The van der Waals surface area contributed by atoms with Crippen molar-refractivity contribution in [3.63, 3.8) is 0 Å². The van der Waals surface area contributed by atoms with Crippen LogP contribution >= 0.6 is 0 Å². The van der Waals surface area contributed by atoms with Gasteiger partial charge in [0.05, 0.1) is 17.9 Å². The van der Waals surface area contributed by atoms with Crippen molar-refractivity contribution in [2.75, 3.05) is 17.2 Å². The maximum absolute atomic E-state index is 12.8. The van der Waals surface area contributed by atoms with Crippen molar-refractivity contribution in [1.82, 2.24) is 9.97 Å². The molecule has 160 valence electrons. The molecule has 0 aliphatic rings. The molecule has 0 bridgehead atoms. The number of nitrogens with one attached hydrogen (secondary N) is 2. The van der Waals surface area contributed by atoms with Crippen molar-refractivity contribution >= 4 is 28.3 Å². The molecule has 0 spiro atoms. The lowest BCUT2D eigenvalue weighted by atomic mass is 10.1. The highest BCUT2D eigenvalue weighted by Gasteiger charge is 2.11. The second-order valence-electron chi connectivity index (χ2n) is 7.62. The number of amides is 1. The number of carbonyl (C=O) groups excluding carboxylic acids is 1. The third kappa shape index (κ3) is 4.72.